The van der Waals surface area contributed by atoms with Crippen LogP contribution in [0.1, 0.15) is 27.6 Å². The van der Waals surface area contributed by atoms with Crippen LogP contribution in [0.2, 0.25) is 0 Å². The normalized spacial score (nSPS) is 26.5. The van der Waals surface area contributed by atoms with Crippen LogP contribution in [0.15, 0.2) is 46.9 Å². The van der Waals surface area contributed by atoms with Crippen LogP contribution in [-0.4, -0.2) is 5.97 Å². The van der Waals surface area contributed by atoms with Crippen molar-refractivity contribution in [3.8, 4) is 0 Å². The predicted octanol–water partition coefficient (Wildman–Crippen LogP) is 3.68. The summed E-state index contributed by atoms with van der Waals surface area (Å²) in [4.78, 5) is 11.8. The van der Waals surface area contributed by atoms with E-state index in [0.29, 0.717) is 10.0 Å². The lowest BCUT2D eigenvalue weighted by Crippen LogP contribution is -2.09. The number of rotatable bonds is 1. The van der Waals surface area contributed by atoms with Gasteiger partial charge >= 0.3 is 5.97 Å². The van der Waals surface area contributed by atoms with Crippen LogP contribution >= 0.6 is 15.9 Å². The Bertz CT molecular complexity index is 746. The molecular weight excluding hydrogens is 327 g/mol. The highest BCUT2D eigenvalue weighted by Gasteiger charge is 2.67. The van der Waals surface area contributed by atoms with Crippen molar-refractivity contribution in [2.24, 2.45) is 0 Å². The highest BCUT2D eigenvalue weighted by Crippen LogP contribution is 2.61. The first kappa shape index (κ1) is 12.1. The minimum absolute atomic E-state index is 0.340. The average molecular weight is 335 g/mol. The van der Waals surface area contributed by atoms with Crippen LogP contribution in [-0.2, 0) is 15.3 Å². The molecule has 1 fully saturated rings. The van der Waals surface area contributed by atoms with Gasteiger partial charge in [0.05, 0.1) is 10.0 Å². The zero-order valence-corrected chi connectivity index (χ0v) is 11.7. The number of halogens is 2. The molecule has 20 heavy (non-hydrogen) atoms. The second-order valence-corrected chi connectivity index (χ2v) is 5.63. The fourth-order valence-corrected chi connectivity index (χ4v) is 3.00. The Morgan fingerprint density at radius 3 is 2.80 bits per heavy atom. The number of benzene rings is 2. The van der Waals surface area contributed by atoms with Crippen molar-refractivity contribution in [3.63, 3.8) is 0 Å². The third-order valence-electron chi connectivity index (χ3n) is 3.59. The predicted molar refractivity (Wildman–Crippen MR) is 71.5 cm³/mol. The molecule has 0 saturated carbocycles. The molecule has 0 aromatic heterocycles. The van der Waals surface area contributed by atoms with E-state index in [1.807, 2.05) is 12.1 Å². The Hall–Kier alpha value is -1.72. The number of carbonyl (C=O) groups excluding carboxylic acids is 1. The quantitative estimate of drug-likeness (QED) is 0.589. The lowest BCUT2D eigenvalue weighted by molar-refractivity contribution is -0.00812. The number of esters is 1. The molecule has 0 aliphatic carbocycles. The lowest BCUT2D eigenvalue weighted by Gasteiger charge is -2.05. The lowest BCUT2D eigenvalue weighted by atomic mass is 9.99. The van der Waals surface area contributed by atoms with Crippen molar-refractivity contribution in [1.29, 1.82) is 0 Å². The van der Waals surface area contributed by atoms with Gasteiger partial charge in [-0.05, 0) is 39.7 Å². The second kappa shape index (κ2) is 3.90. The van der Waals surface area contributed by atoms with Gasteiger partial charge < -0.3 is 9.47 Å². The number of epoxide rings is 1. The van der Waals surface area contributed by atoms with Crippen LogP contribution in [0.4, 0.5) is 4.39 Å². The molecule has 5 heteroatoms. The van der Waals surface area contributed by atoms with E-state index in [4.69, 9.17) is 9.47 Å². The minimum atomic E-state index is -1.04. The Morgan fingerprint density at radius 2 is 2.00 bits per heavy atom. The van der Waals surface area contributed by atoms with Gasteiger partial charge in [-0.15, -0.1) is 0 Å². The zero-order chi connectivity index (χ0) is 13.9. The summed E-state index contributed by atoms with van der Waals surface area (Å²) < 4.78 is 24.7. The second-order valence-electron chi connectivity index (χ2n) is 4.77. The molecule has 0 bridgehead atoms. The molecule has 2 heterocycles. The van der Waals surface area contributed by atoms with Gasteiger partial charge in [0.2, 0.25) is 0 Å². The Labute approximate surface area is 122 Å². The summed E-state index contributed by atoms with van der Waals surface area (Å²) in [5.74, 6) is -1.76. The first-order valence-corrected chi connectivity index (χ1v) is 6.87. The number of hydrogen-bond acceptors (Lipinski definition) is 3. The molecule has 1 spiro atoms. The van der Waals surface area contributed by atoms with Gasteiger partial charge in [0.1, 0.15) is 5.82 Å². The molecule has 1 saturated heterocycles. The summed E-state index contributed by atoms with van der Waals surface area (Å²) >= 11 is 3.14. The van der Waals surface area contributed by atoms with Crippen molar-refractivity contribution in [2.45, 2.75) is 11.9 Å². The Balaban J connectivity index is 1.76. The molecule has 100 valence electrons. The van der Waals surface area contributed by atoms with Crippen LogP contribution in [0.3, 0.4) is 0 Å². The maximum absolute atomic E-state index is 13.3. The molecule has 0 radical (unpaired) electrons. The van der Waals surface area contributed by atoms with Gasteiger partial charge in [0.25, 0.3) is 5.79 Å². The molecule has 2 atom stereocenters. The highest BCUT2D eigenvalue weighted by molar-refractivity contribution is 9.10. The summed E-state index contributed by atoms with van der Waals surface area (Å²) in [6, 6.07) is 11.8. The van der Waals surface area contributed by atoms with E-state index >= 15 is 0 Å². The van der Waals surface area contributed by atoms with E-state index in [0.717, 1.165) is 11.1 Å². The summed E-state index contributed by atoms with van der Waals surface area (Å²) in [6.45, 7) is 0. The molecule has 2 aromatic rings. The molecule has 3 nitrogen and oxygen atoms in total. The summed E-state index contributed by atoms with van der Waals surface area (Å²) in [5, 5.41) is 0. The van der Waals surface area contributed by atoms with Crippen LogP contribution < -0.4 is 0 Å². The molecular formula is C15H8BrFO3. The van der Waals surface area contributed by atoms with Gasteiger partial charge in [-0.3, -0.25) is 0 Å². The fraction of sp³-hybridized carbons (Fsp3) is 0.133. The number of carbonyl (C=O) groups is 1. The largest absolute Gasteiger partial charge is 0.422 e. The van der Waals surface area contributed by atoms with E-state index in [1.165, 1.54) is 6.07 Å². The topological polar surface area (TPSA) is 38.8 Å². The average Bonchev–Trinajstić information content (AvgIpc) is 3.09. The third-order valence-corrected chi connectivity index (χ3v) is 4.20. The summed E-state index contributed by atoms with van der Waals surface area (Å²) in [6.07, 6.45) is -0.396. The third kappa shape index (κ3) is 1.50. The maximum Gasteiger partial charge on any atom is 0.341 e. The fourth-order valence-electron chi connectivity index (χ4n) is 2.60. The number of ether oxygens (including phenoxy) is 2. The van der Waals surface area contributed by atoms with Gasteiger partial charge in [-0.25, -0.2) is 9.18 Å². The smallest absolute Gasteiger partial charge is 0.341 e. The standard InChI is InChI=1S/C15H8BrFO3/c16-11-7-8(5-6-12(11)17)13-15(19-13)10-4-2-1-3-9(10)14(18)20-15/h1-7,13H/t13-,15-/m1/s1. The van der Waals surface area contributed by atoms with Crippen LogP contribution in [0.25, 0.3) is 0 Å². The van der Waals surface area contributed by atoms with Crippen LogP contribution in [0.5, 0.6) is 0 Å². The van der Waals surface area contributed by atoms with E-state index in [2.05, 4.69) is 15.9 Å². The van der Waals surface area contributed by atoms with E-state index in [9.17, 15) is 9.18 Å². The van der Waals surface area contributed by atoms with Gasteiger partial charge in [-0.1, -0.05) is 24.3 Å². The van der Waals surface area contributed by atoms with E-state index in [1.54, 1.807) is 24.3 Å². The molecule has 2 aromatic carbocycles. The molecule has 0 N–H and O–H groups in total. The Morgan fingerprint density at radius 1 is 1.20 bits per heavy atom. The van der Waals surface area contributed by atoms with Gasteiger partial charge in [-0.2, -0.15) is 0 Å². The first-order chi connectivity index (χ1) is 9.62. The molecule has 4 rings (SSSR count). The van der Waals surface area contributed by atoms with E-state index < -0.39 is 11.9 Å². The molecule has 0 amide bonds. The van der Waals surface area contributed by atoms with Crippen molar-refractivity contribution < 1.29 is 18.7 Å². The van der Waals surface area contributed by atoms with Crippen molar-refractivity contribution in [1.82, 2.24) is 0 Å². The number of hydrogen-bond donors (Lipinski definition) is 0. The van der Waals surface area contributed by atoms with Crippen molar-refractivity contribution >= 4 is 21.9 Å². The van der Waals surface area contributed by atoms with Crippen molar-refractivity contribution in [3.05, 3.63) is 69.4 Å². The minimum Gasteiger partial charge on any atom is -0.422 e. The molecule has 2 aliphatic rings. The Kier molecular flexibility index (Phi) is 2.35. The van der Waals surface area contributed by atoms with E-state index in [-0.39, 0.29) is 11.8 Å². The molecule has 2 aliphatic heterocycles. The highest BCUT2D eigenvalue weighted by atomic mass is 79.9. The van der Waals surface area contributed by atoms with Crippen molar-refractivity contribution in [2.75, 3.05) is 0 Å². The van der Waals surface area contributed by atoms with Gasteiger partial charge in [0, 0.05) is 5.56 Å². The SMILES string of the molecule is O=C1O[C@]2(O[C@@H]2c2ccc(F)c(Br)c2)c2ccccc21. The zero-order valence-electron chi connectivity index (χ0n) is 10.1. The maximum atomic E-state index is 13.3. The van der Waals surface area contributed by atoms with Crippen LogP contribution in [0, 0.1) is 5.82 Å². The van der Waals surface area contributed by atoms with Gasteiger partial charge in [0.15, 0.2) is 6.10 Å². The monoisotopic (exact) mass is 334 g/mol. The first-order valence-electron chi connectivity index (χ1n) is 6.07. The molecule has 0 unspecified atom stereocenters. The summed E-state index contributed by atoms with van der Waals surface area (Å²) in [5.41, 5.74) is 2.02. The number of fused-ring (bicyclic) bond motifs is 2. The summed E-state index contributed by atoms with van der Waals surface area (Å²) in [7, 11) is 0.